The SMILES string of the molecule is C=C1CCC[C@]2(C)C[C@H]3OC(=O)[C@@H](C[NH2+]Cc4ccc(OC)cc4)[C@H]3C[C@H]12. The van der Waals surface area contributed by atoms with Gasteiger partial charge in [0, 0.05) is 11.5 Å². The smallest absolute Gasteiger partial charge is 0.315 e. The summed E-state index contributed by atoms with van der Waals surface area (Å²) >= 11 is 0. The van der Waals surface area contributed by atoms with Crippen LogP contribution in [0, 0.1) is 23.2 Å². The topological polar surface area (TPSA) is 52.1 Å². The molecule has 1 aromatic carbocycles. The molecular formula is C23H32NO3+. The van der Waals surface area contributed by atoms with E-state index in [1.165, 1.54) is 24.0 Å². The number of esters is 1. The molecule has 1 saturated heterocycles. The summed E-state index contributed by atoms with van der Waals surface area (Å²) in [7, 11) is 1.68. The molecule has 2 saturated carbocycles. The summed E-state index contributed by atoms with van der Waals surface area (Å²) in [6.07, 6.45) is 5.83. The molecule has 0 amide bonds. The van der Waals surface area contributed by atoms with Gasteiger partial charge in [0.25, 0.3) is 0 Å². The molecule has 1 aromatic rings. The highest BCUT2D eigenvalue weighted by Crippen LogP contribution is 2.56. The molecule has 27 heavy (non-hydrogen) atoms. The second-order valence-corrected chi connectivity index (χ2v) is 8.98. The standard InChI is InChI=1S/C23H31NO3/c1-15-5-4-10-23(2)12-21-18(11-20(15)23)19(22(25)27-21)14-24-13-16-6-8-17(26-3)9-7-16/h6-9,18-21,24H,1,4-5,10-14H2,2-3H3/p+1/t18-,19+,20-,21-,23-/m1/s1. The summed E-state index contributed by atoms with van der Waals surface area (Å²) in [5.74, 6) is 1.83. The monoisotopic (exact) mass is 370 g/mol. The van der Waals surface area contributed by atoms with Crippen LogP contribution in [0.15, 0.2) is 36.4 Å². The van der Waals surface area contributed by atoms with E-state index in [2.05, 4.69) is 31.0 Å². The maximum atomic E-state index is 12.6. The first-order chi connectivity index (χ1) is 13.0. The van der Waals surface area contributed by atoms with Crippen LogP contribution >= 0.6 is 0 Å². The number of carbonyl (C=O) groups is 1. The van der Waals surface area contributed by atoms with Crippen LogP contribution in [0.1, 0.15) is 44.6 Å². The van der Waals surface area contributed by atoms with Gasteiger partial charge in [0.05, 0.1) is 13.7 Å². The number of carbonyl (C=O) groups excluding carboxylic acids is 1. The fraction of sp³-hybridized carbons (Fsp3) is 0.609. The predicted octanol–water partition coefficient (Wildman–Crippen LogP) is 3.07. The molecule has 0 unspecified atom stereocenters. The second-order valence-electron chi connectivity index (χ2n) is 8.98. The molecule has 0 aromatic heterocycles. The molecule has 2 N–H and O–H groups in total. The zero-order valence-electron chi connectivity index (χ0n) is 16.6. The highest BCUT2D eigenvalue weighted by atomic mass is 16.6. The van der Waals surface area contributed by atoms with E-state index in [0.717, 1.165) is 38.1 Å². The molecule has 0 bridgehead atoms. The first-order valence-electron chi connectivity index (χ1n) is 10.3. The van der Waals surface area contributed by atoms with Crippen molar-refractivity contribution in [2.45, 2.75) is 51.7 Å². The largest absolute Gasteiger partial charge is 0.497 e. The maximum Gasteiger partial charge on any atom is 0.315 e. The van der Waals surface area contributed by atoms with Crippen molar-refractivity contribution in [1.82, 2.24) is 0 Å². The van der Waals surface area contributed by atoms with Gasteiger partial charge in [-0.1, -0.05) is 19.1 Å². The number of allylic oxidation sites excluding steroid dienone is 1. The van der Waals surface area contributed by atoms with E-state index in [-0.39, 0.29) is 23.4 Å². The Bertz CT molecular complexity index is 713. The van der Waals surface area contributed by atoms with E-state index < -0.39 is 0 Å². The van der Waals surface area contributed by atoms with E-state index >= 15 is 0 Å². The van der Waals surface area contributed by atoms with Crippen molar-refractivity contribution < 1.29 is 19.6 Å². The number of nitrogens with two attached hydrogens (primary N) is 1. The summed E-state index contributed by atoms with van der Waals surface area (Å²) in [6.45, 7) is 8.44. The lowest BCUT2D eigenvalue weighted by Crippen LogP contribution is -2.84. The lowest BCUT2D eigenvalue weighted by molar-refractivity contribution is -0.675. The third kappa shape index (κ3) is 3.52. The number of methoxy groups -OCH3 is 1. The van der Waals surface area contributed by atoms with Crippen molar-refractivity contribution in [1.29, 1.82) is 0 Å². The average molecular weight is 371 g/mol. The Kier molecular flexibility index (Phi) is 5.02. The minimum atomic E-state index is 0.0174. The van der Waals surface area contributed by atoms with Crippen LogP contribution in [0.25, 0.3) is 0 Å². The van der Waals surface area contributed by atoms with Crippen molar-refractivity contribution in [3.05, 3.63) is 42.0 Å². The molecule has 0 radical (unpaired) electrons. The zero-order chi connectivity index (χ0) is 19.0. The number of quaternary nitrogens is 1. The summed E-state index contributed by atoms with van der Waals surface area (Å²) in [6, 6.07) is 8.14. The van der Waals surface area contributed by atoms with E-state index in [0.29, 0.717) is 11.8 Å². The first kappa shape index (κ1) is 18.5. The molecule has 4 rings (SSSR count). The quantitative estimate of drug-likeness (QED) is 0.640. The van der Waals surface area contributed by atoms with Gasteiger partial charge < -0.3 is 14.8 Å². The molecule has 3 fully saturated rings. The number of hydrogen-bond acceptors (Lipinski definition) is 3. The summed E-state index contributed by atoms with van der Waals surface area (Å²) in [4.78, 5) is 12.6. The highest BCUT2D eigenvalue weighted by Gasteiger charge is 2.55. The lowest BCUT2D eigenvalue weighted by Gasteiger charge is -2.49. The van der Waals surface area contributed by atoms with E-state index in [4.69, 9.17) is 9.47 Å². The van der Waals surface area contributed by atoms with Gasteiger partial charge in [0.2, 0.25) is 0 Å². The van der Waals surface area contributed by atoms with E-state index in [9.17, 15) is 4.79 Å². The number of ether oxygens (including phenoxy) is 2. The lowest BCUT2D eigenvalue weighted by atomic mass is 9.55. The first-order valence-corrected chi connectivity index (χ1v) is 10.3. The van der Waals surface area contributed by atoms with Gasteiger partial charge in [-0.05, 0) is 67.7 Å². The zero-order valence-corrected chi connectivity index (χ0v) is 16.6. The third-order valence-corrected chi connectivity index (χ3v) is 7.28. The van der Waals surface area contributed by atoms with Crippen molar-refractivity contribution in [3.63, 3.8) is 0 Å². The molecule has 3 aliphatic rings. The molecule has 1 aliphatic heterocycles. The van der Waals surface area contributed by atoms with Crippen LogP contribution in [0.5, 0.6) is 5.75 Å². The minimum Gasteiger partial charge on any atom is -0.497 e. The van der Waals surface area contributed by atoms with Crippen molar-refractivity contribution in [3.8, 4) is 5.75 Å². The van der Waals surface area contributed by atoms with Crippen molar-refractivity contribution >= 4 is 5.97 Å². The van der Waals surface area contributed by atoms with Gasteiger partial charge in [-0.3, -0.25) is 4.79 Å². The Morgan fingerprint density at radius 1 is 1.33 bits per heavy atom. The van der Waals surface area contributed by atoms with E-state index in [1.807, 2.05) is 12.1 Å². The molecule has 5 atom stereocenters. The Morgan fingerprint density at radius 3 is 2.85 bits per heavy atom. The van der Waals surface area contributed by atoms with Crippen LogP contribution < -0.4 is 10.1 Å². The van der Waals surface area contributed by atoms with Gasteiger partial charge in [0.1, 0.15) is 24.3 Å². The number of hydrogen-bond donors (Lipinski definition) is 1. The maximum absolute atomic E-state index is 12.6. The van der Waals surface area contributed by atoms with Crippen LogP contribution in [0.2, 0.25) is 0 Å². The van der Waals surface area contributed by atoms with Crippen molar-refractivity contribution in [2.24, 2.45) is 23.2 Å². The molecule has 4 heteroatoms. The Hall–Kier alpha value is -1.81. The fourth-order valence-corrected chi connectivity index (χ4v) is 5.72. The summed E-state index contributed by atoms with van der Waals surface area (Å²) in [5.41, 5.74) is 2.93. The van der Waals surface area contributed by atoms with Crippen LogP contribution in [-0.4, -0.2) is 25.7 Å². The summed E-state index contributed by atoms with van der Waals surface area (Å²) in [5, 5.41) is 2.25. The predicted molar refractivity (Wildman–Crippen MR) is 104 cm³/mol. The Labute approximate surface area is 162 Å². The summed E-state index contributed by atoms with van der Waals surface area (Å²) < 4.78 is 11.1. The Morgan fingerprint density at radius 2 is 2.11 bits per heavy atom. The number of benzene rings is 1. The Balaban J connectivity index is 1.38. The molecule has 0 spiro atoms. The van der Waals surface area contributed by atoms with Gasteiger partial charge in [-0.15, -0.1) is 0 Å². The fourth-order valence-electron chi connectivity index (χ4n) is 5.72. The molecule has 4 nitrogen and oxygen atoms in total. The van der Waals surface area contributed by atoms with Crippen LogP contribution in [0.4, 0.5) is 0 Å². The molecule has 1 heterocycles. The van der Waals surface area contributed by atoms with Crippen molar-refractivity contribution in [2.75, 3.05) is 13.7 Å². The molecule has 146 valence electrons. The van der Waals surface area contributed by atoms with E-state index in [1.54, 1.807) is 7.11 Å². The van der Waals surface area contributed by atoms with Gasteiger partial charge in [0.15, 0.2) is 0 Å². The van der Waals surface area contributed by atoms with Gasteiger partial charge in [-0.2, -0.15) is 0 Å². The van der Waals surface area contributed by atoms with Crippen LogP contribution in [-0.2, 0) is 16.1 Å². The molecule has 2 aliphatic carbocycles. The second kappa shape index (κ2) is 7.31. The van der Waals surface area contributed by atoms with Gasteiger partial charge >= 0.3 is 5.97 Å². The average Bonchev–Trinajstić information content (AvgIpc) is 2.95. The third-order valence-electron chi connectivity index (χ3n) is 7.28. The number of rotatable bonds is 5. The van der Waals surface area contributed by atoms with Crippen LogP contribution in [0.3, 0.4) is 0 Å². The number of fused-ring (bicyclic) bond motifs is 2. The van der Waals surface area contributed by atoms with Gasteiger partial charge in [-0.25, -0.2) is 0 Å². The highest BCUT2D eigenvalue weighted by molar-refractivity contribution is 5.75. The molecular weight excluding hydrogens is 338 g/mol. The normalized spacial score (nSPS) is 35.3. The minimum absolute atomic E-state index is 0.0174.